The van der Waals surface area contributed by atoms with Crippen LogP contribution in [0.3, 0.4) is 0 Å². The summed E-state index contributed by atoms with van der Waals surface area (Å²) >= 11 is 0. The summed E-state index contributed by atoms with van der Waals surface area (Å²) in [6.45, 7) is 9.41. The number of allylic oxidation sites excluding steroid dienone is 2. The molecule has 0 unspecified atom stereocenters. The first kappa shape index (κ1) is 12.5. The average molecular weight is 194 g/mol. The van der Waals surface area contributed by atoms with Gasteiger partial charge in [-0.1, -0.05) is 18.7 Å². The molecule has 3 heteroatoms. The molecule has 1 N–H and O–H groups in total. The topological polar surface area (TPSA) is 32.3 Å². The van der Waals surface area contributed by atoms with E-state index in [0.29, 0.717) is 11.3 Å². The predicted octanol–water partition coefficient (Wildman–Crippen LogP) is 1.31. The van der Waals surface area contributed by atoms with Crippen molar-refractivity contribution in [3.05, 3.63) is 36.1 Å². The molecule has 14 heavy (non-hydrogen) atoms. The fraction of sp³-hybridized carbons (Fsp3) is 0.364. The summed E-state index contributed by atoms with van der Waals surface area (Å²) in [4.78, 5) is 13.3. The normalized spacial score (nSPS) is 10.7. The van der Waals surface area contributed by atoms with Crippen LogP contribution in [-0.4, -0.2) is 32.0 Å². The van der Waals surface area contributed by atoms with Gasteiger partial charge in [0.15, 0.2) is 0 Å². The maximum Gasteiger partial charge on any atom is 0.253 e. The Kier molecular flexibility index (Phi) is 4.70. The van der Waals surface area contributed by atoms with Gasteiger partial charge < -0.3 is 10.2 Å². The summed E-state index contributed by atoms with van der Waals surface area (Å²) in [5, 5.41) is 2.57. The Balaban J connectivity index is 5.02. The number of rotatable bonds is 4. The molecule has 0 saturated heterocycles. The zero-order chi connectivity index (χ0) is 11.3. The first-order chi connectivity index (χ1) is 6.40. The van der Waals surface area contributed by atoms with Crippen LogP contribution in [0, 0.1) is 0 Å². The lowest BCUT2D eigenvalue weighted by atomic mass is 10.1. The van der Waals surface area contributed by atoms with E-state index in [9.17, 15) is 4.79 Å². The van der Waals surface area contributed by atoms with E-state index in [1.54, 1.807) is 18.0 Å². The van der Waals surface area contributed by atoms with E-state index in [2.05, 4.69) is 18.5 Å². The van der Waals surface area contributed by atoms with E-state index in [4.69, 9.17) is 0 Å². The summed E-state index contributed by atoms with van der Waals surface area (Å²) in [5.41, 5.74) is 2.05. The molecule has 0 saturated carbocycles. The molecular weight excluding hydrogens is 176 g/mol. The number of carbonyl (C=O) groups is 1. The van der Waals surface area contributed by atoms with Gasteiger partial charge in [0.1, 0.15) is 0 Å². The van der Waals surface area contributed by atoms with Crippen LogP contribution in [0.2, 0.25) is 0 Å². The van der Waals surface area contributed by atoms with Gasteiger partial charge in [0.2, 0.25) is 0 Å². The summed E-state index contributed by atoms with van der Waals surface area (Å²) in [6.07, 6.45) is 1.72. The van der Waals surface area contributed by atoms with E-state index in [0.717, 1.165) is 5.57 Å². The molecular formula is C11H18N2O. The highest BCUT2D eigenvalue weighted by atomic mass is 16.1. The molecule has 0 aromatic carbocycles. The third kappa shape index (κ3) is 3.47. The van der Waals surface area contributed by atoms with Crippen LogP contribution in [0.25, 0.3) is 0 Å². The SMILES string of the molecule is C=C(C)/C=C(\C(=C)N(C)C)C(=O)NC. The molecule has 78 valence electrons. The van der Waals surface area contributed by atoms with Crippen LogP contribution < -0.4 is 5.32 Å². The van der Waals surface area contributed by atoms with Crippen LogP contribution >= 0.6 is 0 Å². The Morgan fingerprint density at radius 3 is 2.14 bits per heavy atom. The Morgan fingerprint density at radius 2 is 1.86 bits per heavy atom. The number of carbonyl (C=O) groups excluding carboxylic acids is 1. The molecule has 0 aliphatic heterocycles. The Bertz CT molecular complexity index is 288. The maximum absolute atomic E-state index is 11.5. The number of likely N-dealkylation sites (N-methyl/N-ethyl adjacent to an activating group) is 2. The van der Waals surface area contributed by atoms with Crippen molar-refractivity contribution in [3.63, 3.8) is 0 Å². The number of nitrogens with one attached hydrogen (secondary N) is 1. The van der Waals surface area contributed by atoms with E-state index in [1.165, 1.54) is 0 Å². The minimum absolute atomic E-state index is 0.147. The molecule has 0 heterocycles. The van der Waals surface area contributed by atoms with Crippen molar-refractivity contribution in [2.24, 2.45) is 0 Å². The second-order valence-corrected chi connectivity index (χ2v) is 3.32. The second kappa shape index (κ2) is 5.27. The molecule has 0 rings (SSSR count). The van der Waals surface area contributed by atoms with Gasteiger partial charge in [-0.15, -0.1) is 0 Å². The third-order valence-electron chi connectivity index (χ3n) is 1.71. The standard InChI is InChI=1S/C11H18N2O/c1-8(2)7-10(11(14)12-4)9(3)13(5)6/h7H,1,3H2,2,4-6H3,(H,12,14)/b10-7+. The second-order valence-electron chi connectivity index (χ2n) is 3.32. The van der Waals surface area contributed by atoms with Crippen LogP contribution in [0.4, 0.5) is 0 Å². The van der Waals surface area contributed by atoms with Gasteiger partial charge >= 0.3 is 0 Å². The highest BCUT2D eigenvalue weighted by Gasteiger charge is 2.12. The van der Waals surface area contributed by atoms with Crippen molar-refractivity contribution < 1.29 is 4.79 Å². The Labute approximate surface area is 85.8 Å². The van der Waals surface area contributed by atoms with Gasteiger partial charge in [-0.05, 0) is 13.0 Å². The quantitative estimate of drug-likeness (QED) is 0.540. The highest BCUT2D eigenvalue weighted by molar-refractivity contribution is 5.97. The zero-order valence-corrected chi connectivity index (χ0v) is 9.35. The van der Waals surface area contributed by atoms with Crippen molar-refractivity contribution in [2.75, 3.05) is 21.1 Å². The van der Waals surface area contributed by atoms with Crippen molar-refractivity contribution in [3.8, 4) is 0 Å². The molecule has 0 atom stereocenters. The molecule has 0 aliphatic carbocycles. The van der Waals surface area contributed by atoms with Crippen LogP contribution in [0.15, 0.2) is 36.1 Å². The third-order valence-corrected chi connectivity index (χ3v) is 1.71. The summed E-state index contributed by atoms with van der Waals surface area (Å²) < 4.78 is 0. The van der Waals surface area contributed by atoms with E-state index >= 15 is 0 Å². The first-order valence-electron chi connectivity index (χ1n) is 4.36. The van der Waals surface area contributed by atoms with Gasteiger partial charge in [0.25, 0.3) is 5.91 Å². The lowest BCUT2D eigenvalue weighted by Gasteiger charge is -2.17. The smallest absolute Gasteiger partial charge is 0.253 e. The summed E-state index contributed by atoms with van der Waals surface area (Å²) in [5.74, 6) is -0.147. The minimum atomic E-state index is -0.147. The average Bonchev–Trinajstić information content (AvgIpc) is 2.11. The van der Waals surface area contributed by atoms with Crippen molar-refractivity contribution in [2.45, 2.75) is 6.92 Å². The molecule has 0 aliphatic rings. The molecule has 0 bridgehead atoms. The monoisotopic (exact) mass is 194 g/mol. The molecule has 0 spiro atoms. The van der Waals surface area contributed by atoms with E-state index < -0.39 is 0 Å². The van der Waals surface area contributed by atoms with Gasteiger partial charge in [-0.3, -0.25) is 4.79 Å². The largest absolute Gasteiger partial charge is 0.377 e. The fourth-order valence-corrected chi connectivity index (χ4v) is 0.902. The van der Waals surface area contributed by atoms with Gasteiger partial charge in [-0.25, -0.2) is 0 Å². The minimum Gasteiger partial charge on any atom is -0.377 e. The maximum atomic E-state index is 11.5. The van der Waals surface area contributed by atoms with E-state index in [-0.39, 0.29) is 5.91 Å². The van der Waals surface area contributed by atoms with Gasteiger partial charge in [-0.2, -0.15) is 0 Å². The Morgan fingerprint density at radius 1 is 1.36 bits per heavy atom. The molecule has 1 amide bonds. The van der Waals surface area contributed by atoms with Crippen LogP contribution in [0.1, 0.15) is 6.92 Å². The van der Waals surface area contributed by atoms with Crippen molar-refractivity contribution in [1.82, 2.24) is 10.2 Å². The number of nitrogens with zero attached hydrogens (tertiary/aromatic N) is 1. The van der Waals surface area contributed by atoms with Crippen molar-refractivity contribution in [1.29, 1.82) is 0 Å². The lowest BCUT2D eigenvalue weighted by molar-refractivity contribution is -0.116. The molecule has 0 radical (unpaired) electrons. The van der Waals surface area contributed by atoms with Crippen LogP contribution in [0.5, 0.6) is 0 Å². The molecule has 3 nitrogen and oxygen atoms in total. The lowest BCUT2D eigenvalue weighted by Crippen LogP contribution is -2.25. The fourth-order valence-electron chi connectivity index (χ4n) is 0.902. The molecule has 0 aromatic heterocycles. The molecule has 0 fully saturated rings. The number of amides is 1. The summed E-state index contributed by atoms with van der Waals surface area (Å²) in [6, 6.07) is 0. The number of hydrogen-bond acceptors (Lipinski definition) is 2. The summed E-state index contributed by atoms with van der Waals surface area (Å²) in [7, 11) is 5.28. The molecule has 0 aromatic rings. The van der Waals surface area contributed by atoms with Gasteiger partial charge in [0.05, 0.1) is 5.57 Å². The van der Waals surface area contributed by atoms with E-state index in [1.807, 2.05) is 21.0 Å². The predicted molar refractivity (Wildman–Crippen MR) is 59.8 cm³/mol. The highest BCUT2D eigenvalue weighted by Crippen LogP contribution is 2.12. The number of hydrogen-bond donors (Lipinski definition) is 1. The zero-order valence-electron chi connectivity index (χ0n) is 9.35. The Hall–Kier alpha value is -1.51. The van der Waals surface area contributed by atoms with Gasteiger partial charge in [0, 0.05) is 26.8 Å². The first-order valence-corrected chi connectivity index (χ1v) is 4.36. The van der Waals surface area contributed by atoms with Crippen LogP contribution in [-0.2, 0) is 4.79 Å². The van der Waals surface area contributed by atoms with Crippen molar-refractivity contribution >= 4 is 5.91 Å².